The standard InChI is InChI=1S/C17H21N3O/c1-3-8-18-11-14-4-6-16(7-5-14)20-17(21)15-9-13(2)10-19-12-15/h4-7,9-10,12,18H,3,8,11H2,1-2H3,(H,20,21). The van der Waals surface area contributed by atoms with Crippen LogP contribution in [0.3, 0.4) is 0 Å². The molecule has 0 unspecified atom stereocenters. The molecule has 0 aliphatic heterocycles. The summed E-state index contributed by atoms with van der Waals surface area (Å²) in [6.07, 6.45) is 4.43. The molecule has 0 spiro atoms. The van der Waals surface area contributed by atoms with E-state index in [0.717, 1.165) is 30.8 Å². The molecule has 2 rings (SSSR count). The fourth-order valence-corrected chi connectivity index (χ4v) is 2.00. The first-order valence-electron chi connectivity index (χ1n) is 7.21. The average molecular weight is 283 g/mol. The van der Waals surface area contributed by atoms with Crippen LogP contribution in [0.25, 0.3) is 0 Å². The van der Waals surface area contributed by atoms with Crippen LogP contribution in [0.15, 0.2) is 42.7 Å². The van der Waals surface area contributed by atoms with E-state index in [0.29, 0.717) is 5.56 Å². The highest BCUT2D eigenvalue weighted by molar-refractivity contribution is 6.04. The van der Waals surface area contributed by atoms with Crippen molar-refractivity contribution in [3.8, 4) is 0 Å². The number of carbonyl (C=O) groups excluding carboxylic acids is 1. The van der Waals surface area contributed by atoms with Crippen molar-refractivity contribution in [2.45, 2.75) is 26.8 Å². The quantitative estimate of drug-likeness (QED) is 0.801. The topological polar surface area (TPSA) is 54.0 Å². The maximum Gasteiger partial charge on any atom is 0.257 e. The van der Waals surface area contributed by atoms with Gasteiger partial charge in [-0.2, -0.15) is 0 Å². The van der Waals surface area contributed by atoms with Crippen molar-refractivity contribution >= 4 is 11.6 Å². The summed E-state index contributed by atoms with van der Waals surface area (Å²) in [4.78, 5) is 16.1. The maximum absolute atomic E-state index is 12.1. The molecule has 0 fully saturated rings. The highest BCUT2D eigenvalue weighted by Crippen LogP contribution is 2.11. The first-order valence-corrected chi connectivity index (χ1v) is 7.21. The van der Waals surface area contributed by atoms with E-state index in [1.165, 1.54) is 5.56 Å². The van der Waals surface area contributed by atoms with E-state index in [9.17, 15) is 4.79 Å². The molecule has 0 saturated carbocycles. The van der Waals surface area contributed by atoms with Gasteiger partial charge in [0, 0.05) is 24.6 Å². The highest BCUT2D eigenvalue weighted by atomic mass is 16.1. The first kappa shape index (κ1) is 15.2. The fourth-order valence-electron chi connectivity index (χ4n) is 2.00. The molecular weight excluding hydrogens is 262 g/mol. The molecule has 0 bridgehead atoms. The Bertz CT molecular complexity index is 593. The molecule has 21 heavy (non-hydrogen) atoms. The molecule has 0 aliphatic carbocycles. The van der Waals surface area contributed by atoms with Crippen LogP contribution in [0.2, 0.25) is 0 Å². The van der Waals surface area contributed by atoms with Gasteiger partial charge in [0.1, 0.15) is 0 Å². The molecule has 110 valence electrons. The zero-order valence-corrected chi connectivity index (χ0v) is 12.5. The third kappa shape index (κ3) is 4.68. The Balaban J connectivity index is 1.95. The van der Waals surface area contributed by atoms with Crippen LogP contribution < -0.4 is 10.6 Å². The van der Waals surface area contributed by atoms with Gasteiger partial charge in [0.2, 0.25) is 0 Å². The zero-order chi connectivity index (χ0) is 15.1. The Kier molecular flexibility index (Phi) is 5.46. The van der Waals surface area contributed by atoms with E-state index in [-0.39, 0.29) is 5.91 Å². The molecule has 4 heteroatoms. The number of pyridine rings is 1. The number of nitrogens with one attached hydrogen (secondary N) is 2. The monoisotopic (exact) mass is 283 g/mol. The van der Waals surface area contributed by atoms with Gasteiger partial charge in [-0.1, -0.05) is 19.1 Å². The predicted octanol–water partition coefficient (Wildman–Crippen LogP) is 3.14. The Hall–Kier alpha value is -2.20. The van der Waals surface area contributed by atoms with Gasteiger partial charge in [-0.05, 0) is 49.2 Å². The van der Waals surface area contributed by atoms with Gasteiger partial charge in [-0.15, -0.1) is 0 Å². The molecule has 1 aromatic heterocycles. The van der Waals surface area contributed by atoms with E-state index in [2.05, 4.69) is 22.5 Å². The fraction of sp³-hybridized carbons (Fsp3) is 0.294. The second-order valence-corrected chi connectivity index (χ2v) is 5.08. The molecule has 0 radical (unpaired) electrons. The van der Waals surface area contributed by atoms with Crippen molar-refractivity contribution in [3.05, 3.63) is 59.4 Å². The number of aryl methyl sites for hydroxylation is 1. The van der Waals surface area contributed by atoms with E-state index < -0.39 is 0 Å². The minimum absolute atomic E-state index is 0.136. The third-order valence-corrected chi connectivity index (χ3v) is 3.10. The lowest BCUT2D eigenvalue weighted by atomic mass is 10.2. The van der Waals surface area contributed by atoms with Gasteiger partial charge in [-0.25, -0.2) is 0 Å². The van der Waals surface area contributed by atoms with Crippen LogP contribution in [0.4, 0.5) is 5.69 Å². The second-order valence-electron chi connectivity index (χ2n) is 5.08. The van der Waals surface area contributed by atoms with Crippen LogP contribution in [0, 0.1) is 6.92 Å². The summed E-state index contributed by atoms with van der Waals surface area (Å²) in [6.45, 7) is 5.93. The van der Waals surface area contributed by atoms with Crippen LogP contribution in [-0.4, -0.2) is 17.4 Å². The molecule has 1 amide bonds. The van der Waals surface area contributed by atoms with Gasteiger partial charge in [0.05, 0.1) is 5.56 Å². The van der Waals surface area contributed by atoms with E-state index in [4.69, 9.17) is 0 Å². The molecule has 1 aromatic carbocycles. The number of carbonyl (C=O) groups is 1. The molecule has 2 N–H and O–H groups in total. The third-order valence-electron chi connectivity index (χ3n) is 3.10. The summed E-state index contributed by atoms with van der Waals surface area (Å²) < 4.78 is 0. The number of anilines is 1. The van der Waals surface area contributed by atoms with Crippen LogP contribution in [0.1, 0.15) is 34.8 Å². The lowest BCUT2D eigenvalue weighted by molar-refractivity contribution is 0.102. The van der Waals surface area contributed by atoms with Crippen molar-refractivity contribution in [2.75, 3.05) is 11.9 Å². The van der Waals surface area contributed by atoms with Crippen molar-refractivity contribution < 1.29 is 4.79 Å². The largest absolute Gasteiger partial charge is 0.322 e. The summed E-state index contributed by atoms with van der Waals surface area (Å²) in [7, 11) is 0. The lowest BCUT2D eigenvalue weighted by Crippen LogP contribution is -2.14. The number of hydrogen-bond donors (Lipinski definition) is 2. The molecular formula is C17H21N3O. The summed E-state index contributed by atoms with van der Waals surface area (Å²) >= 11 is 0. The number of rotatable bonds is 6. The van der Waals surface area contributed by atoms with Gasteiger partial charge < -0.3 is 10.6 Å². The van der Waals surface area contributed by atoms with E-state index >= 15 is 0 Å². The minimum Gasteiger partial charge on any atom is -0.322 e. The Morgan fingerprint density at radius 2 is 1.95 bits per heavy atom. The predicted molar refractivity (Wildman–Crippen MR) is 85.4 cm³/mol. The van der Waals surface area contributed by atoms with Crippen molar-refractivity contribution in [3.63, 3.8) is 0 Å². The maximum atomic E-state index is 12.1. The molecule has 2 aromatic rings. The summed E-state index contributed by atoms with van der Waals surface area (Å²) in [6, 6.07) is 9.71. The van der Waals surface area contributed by atoms with Gasteiger partial charge in [-0.3, -0.25) is 9.78 Å². The SMILES string of the molecule is CCCNCc1ccc(NC(=O)c2cncc(C)c2)cc1. The molecule has 0 aliphatic rings. The number of nitrogens with zero attached hydrogens (tertiary/aromatic N) is 1. The smallest absolute Gasteiger partial charge is 0.257 e. The number of benzene rings is 1. The minimum atomic E-state index is -0.136. The van der Waals surface area contributed by atoms with Crippen LogP contribution in [-0.2, 0) is 6.54 Å². The number of amides is 1. The summed E-state index contributed by atoms with van der Waals surface area (Å²) in [5, 5.41) is 6.23. The average Bonchev–Trinajstić information content (AvgIpc) is 2.49. The van der Waals surface area contributed by atoms with E-state index in [1.807, 2.05) is 37.3 Å². The lowest BCUT2D eigenvalue weighted by Gasteiger charge is -2.07. The summed E-state index contributed by atoms with van der Waals surface area (Å²) in [5.41, 5.74) is 3.54. The Labute approximate surface area is 125 Å². The number of hydrogen-bond acceptors (Lipinski definition) is 3. The Morgan fingerprint density at radius 1 is 1.19 bits per heavy atom. The van der Waals surface area contributed by atoms with Crippen molar-refractivity contribution in [2.24, 2.45) is 0 Å². The molecule has 0 atom stereocenters. The van der Waals surface area contributed by atoms with Gasteiger partial charge >= 0.3 is 0 Å². The van der Waals surface area contributed by atoms with Gasteiger partial charge in [0.25, 0.3) is 5.91 Å². The van der Waals surface area contributed by atoms with Crippen molar-refractivity contribution in [1.29, 1.82) is 0 Å². The van der Waals surface area contributed by atoms with Crippen molar-refractivity contribution in [1.82, 2.24) is 10.3 Å². The highest BCUT2D eigenvalue weighted by Gasteiger charge is 2.06. The van der Waals surface area contributed by atoms with Crippen LogP contribution in [0.5, 0.6) is 0 Å². The summed E-state index contributed by atoms with van der Waals surface area (Å²) in [5.74, 6) is -0.136. The molecule has 1 heterocycles. The zero-order valence-electron chi connectivity index (χ0n) is 12.5. The Morgan fingerprint density at radius 3 is 2.62 bits per heavy atom. The second kappa shape index (κ2) is 7.55. The normalized spacial score (nSPS) is 10.4. The number of aromatic nitrogens is 1. The molecule has 0 saturated heterocycles. The van der Waals surface area contributed by atoms with Crippen LogP contribution >= 0.6 is 0 Å². The van der Waals surface area contributed by atoms with E-state index in [1.54, 1.807) is 12.4 Å². The molecule has 4 nitrogen and oxygen atoms in total. The first-order chi connectivity index (χ1) is 10.2. The van der Waals surface area contributed by atoms with Gasteiger partial charge in [0.15, 0.2) is 0 Å².